The average molecular weight is 594 g/mol. The summed E-state index contributed by atoms with van der Waals surface area (Å²) in [6.45, 7) is 16.3. The van der Waals surface area contributed by atoms with Crippen molar-refractivity contribution in [2.45, 2.75) is 78.4 Å². The number of ether oxygens (including phenoxy) is 1. The predicted molar refractivity (Wildman–Crippen MR) is 99.9 cm³/mol. The minimum Gasteiger partial charge on any atom is -0.507 e. The summed E-state index contributed by atoms with van der Waals surface area (Å²) in [5.41, 5.74) is 6.36. The van der Waals surface area contributed by atoms with Gasteiger partial charge < -0.3 is 38.2 Å². The molecule has 1 aliphatic heterocycles. The zero-order valence-electron chi connectivity index (χ0n) is 16.7. The zero-order chi connectivity index (χ0) is 19.4. The van der Waals surface area contributed by atoms with E-state index in [-0.39, 0.29) is 67.0 Å². The fraction of sp³-hybridized carbons (Fsp3) is 0.667. The smallest absolute Gasteiger partial charge is 0.165 e. The Morgan fingerprint density at radius 1 is 1.35 bits per heavy atom. The number of hydrogen-bond acceptors (Lipinski definition) is 6. The maximum atomic E-state index is 11.1. The molecule has 8 heteroatoms. The molecule has 0 saturated carbocycles. The Bertz CT molecular complexity index is 416. The summed E-state index contributed by atoms with van der Waals surface area (Å²) >= 11 is 0. The Kier molecular flexibility index (Phi) is 23.4. The van der Waals surface area contributed by atoms with Crippen molar-refractivity contribution in [3.8, 4) is 0 Å². The molecule has 1 fully saturated rings. The number of carbonyl (C=O) groups excluding carboxylic acids is 1. The van der Waals surface area contributed by atoms with Crippen LogP contribution in [0.25, 0.3) is 0 Å². The topological polar surface area (TPSA) is 145 Å². The predicted octanol–water partition coefficient (Wildman–Crippen LogP) is 1.58. The molecule has 1 radical (unpaired) electrons. The van der Waals surface area contributed by atoms with Gasteiger partial charge in [0.25, 0.3) is 0 Å². The van der Waals surface area contributed by atoms with Gasteiger partial charge in [-0.05, 0) is 13.8 Å². The van der Waals surface area contributed by atoms with Gasteiger partial charge in [0.15, 0.2) is 12.1 Å². The number of hydrogen-bond donors (Lipinski definition) is 4. The molecule has 153 valence electrons. The summed E-state index contributed by atoms with van der Waals surface area (Å²) in [7, 11) is 0. The molecule has 0 bridgehead atoms. The van der Waals surface area contributed by atoms with Gasteiger partial charge in [-0.2, -0.15) is 6.42 Å². The van der Waals surface area contributed by atoms with Gasteiger partial charge in [0, 0.05) is 51.2 Å². The van der Waals surface area contributed by atoms with E-state index in [1.807, 2.05) is 13.8 Å². The van der Waals surface area contributed by atoms with Gasteiger partial charge in [0.2, 0.25) is 0 Å². The van der Waals surface area contributed by atoms with Crippen LogP contribution < -0.4 is 5.73 Å². The molecule has 1 heterocycles. The van der Waals surface area contributed by atoms with Gasteiger partial charge in [0.1, 0.15) is 5.76 Å². The van der Waals surface area contributed by atoms with Crippen LogP contribution in [0.2, 0.25) is 0 Å². The van der Waals surface area contributed by atoms with Gasteiger partial charge in [-0.15, -0.1) is 0 Å². The largest absolute Gasteiger partial charge is 0.507 e. The van der Waals surface area contributed by atoms with Crippen LogP contribution in [0.1, 0.15) is 53.9 Å². The van der Waals surface area contributed by atoms with E-state index in [1.165, 1.54) is 0 Å². The second kappa shape index (κ2) is 18.2. The molecule has 1 rings (SSSR count). The van der Waals surface area contributed by atoms with Crippen LogP contribution in [-0.2, 0) is 9.53 Å². The van der Waals surface area contributed by atoms with Crippen molar-refractivity contribution in [3.63, 3.8) is 0 Å². The summed E-state index contributed by atoms with van der Waals surface area (Å²) in [6.07, 6.45) is -0.656. The van der Waals surface area contributed by atoms with Crippen LogP contribution in [0.5, 0.6) is 0 Å². The third kappa shape index (κ3) is 12.3. The van der Waals surface area contributed by atoms with E-state index >= 15 is 0 Å². The molecule has 0 aromatic carbocycles. The second-order valence-electron chi connectivity index (χ2n) is 5.32. The van der Waals surface area contributed by atoms with Crippen molar-refractivity contribution < 1.29 is 62.6 Å². The Hall–Kier alpha value is -0.159. The number of Topliss-reactive ketones (excluding diaryl/α,β-unsaturated/α-hetero) is 1. The Labute approximate surface area is 182 Å². The molecule has 0 aromatic heterocycles. The van der Waals surface area contributed by atoms with Crippen molar-refractivity contribution in [2.75, 3.05) is 0 Å². The normalized spacial score (nSPS) is 24.8. The number of rotatable bonds is 4. The Balaban J connectivity index is -0.000000160. The van der Waals surface area contributed by atoms with E-state index in [1.54, 1.807) is 20.8 Å². The van der Waals surface area contributed by atoms with Crippen LogP contribution in [0.15, 0.2) is 23.5 Å². The first-order valence-electron chi connectivity index (χ1n) is 8.33. The quantitative estimate of drug-likeness (QED) is 0.169. The molecule has 1 aliphatic rings. The molecule has 0 spiro atoms. The first-order valence-corrected chi connectivity index (χ1v) is 8.33. The molecule has 1 saturated heterocycles. The summed E-state index contributed by atoms with van der Waals surface area (Å²) in [6, 6.07) is -0.362. The van der Waals surface area contributed by atoms with Gasteiger partial charge in [-0.3, -0.25) is 4.79 Å². The van der Waals surface area contributed by atoms with E-state index < -0.39 is 12.4 Å². The van der Waals surface area contributed by atoms with Gasteiger partial charge >= 0.3 is 0 Å². The van der Waals surface area contributed by atoms with Crippen molar-refractivity contribution in [1.82, 2.24) is 0 Å². The Morgan fingerprint density at radius 2 is 1.81 bits per heavy atom. The first kappa shape index (κ1) is 33.4. The maximum Gasteiger partial charge on any atom is 0.165 e. The molecule has 0 amide bonds. The van der Waals surface area contributed by atoms with E-state index in [0.29, 0.717) is 24.8 Å². The average Bonchev–Trinajstić information content (AvgIpc) is 2.59. The first-order chi connectivity index (χ1) is 11.1. The van der Waals surface area contributed by atoms with Crippen LogP contribution in [0.4, 0.5) is 0 Å². The summed E-state index contributed by atoms with van der Waals surface area (Å²) < 4.78 is 4.89. The van der Waals surface area contributed by atoms with Crippen LogP contribution in [0, 0.1) is 39.2 Å². The van der Waals surface area contributed by atoms with E-state index in [0.717, 1.165) is 0 Å². The summed E-state index contributed by atoms with van der Waals surface area (Å²) in [5, 5.41) is 27.6. The van der Waals surface area contributed by atoms with Crippen molar-refractivity contribution in [1.29, 1.82) is 0 Å². The SMILES string of the molecule is C=C(C(=O)CC)/C(O)=C(\C)C[CH2-].CC.CC1OC(O)CC(N)C1O.O.[Pa]. The second-order valence-corrected chi connectivity index (χ2v) is 5.32. The molecule has 0 aliphatic carbocycles. The number of aliphatic hydroxyl groups excluding tert-OH is 3. The molecule has 26 heavy (non-hydrogen) atoms. The number of ketones is 1. The minimum atomic E-state index is -0.812. The van der Waals surface area contributed by atoms with Crippen molar-refractivity contribution >= 4 is 5.78 Å². The van der Waals surface area contributed by atoms with Gasteiger partial charge in [-0.25, -0.2) is 0 Å². The standard InChI is InChI=1S/C10H15O2.C6H13NO3.C2H6.H2O.Pa/c1-5-7(3)10(12)8(4)9(11)6-2;1-3-6(9)4(7)2-5(8)10-3;1-2;;/h12H,1,4-6H2,2-3H3;3-6,8-9H,2,7H2,1H3;1-2H3;1H2;/q-1;;;;/b10-7-;;;;. The Morgan fingerprint density at radius 3 is 2.15 bits per heavy atom. The number of nitrogens with two attached hydrogens (primary N) is 1. The minimum absolute atomic E-state index is 0. The third-order valence-electron chi connectivity index (χ3n) is 3.49. The fourth-order valence-corrected chi connectivity index (χ4v) is 1.83. The molecule has 7 nitrogen and oxygen atoms in total. The molecule has 7 N–H and O–H groups in total. The monoisotopic (exact) mass is 593 g/mol. The zero-order valence-corrected chi connectivity index (χ0v) is 21.5. The summed E-state index contributed by atoms with van der Waals surface area (Å²) in [4.78, 5) is 11.1. The van der Waals surface area contributed by atoms with Crippen LogP contribution in [0.3, 0.4) is 0 Å². The molecule has 4 atom stereocenters. The van der Waals surface area contributed by atoms with Gasteiger partial charge in [0.05, 0.1) is 17.8 Å². The molecular weight excluding hydrogens is 557 g/mol. The fourth-order valence-electron chi connectivity index (χ4n) is 1.83. The van der Waals surface area contributed by atoms with E-state index in [4.69, 9.17) is 15.6 Å². The number of aliphatic hydroxyl groups is 3. The van der Waals surface area contributed by atoms with Crippen molar-refractivity contribution in [2.24, 2.45) is 5.73 Å². The third-order valence-corrected chi connectivity index (χ3v) is 3.49. The molecular formula is C18H36NO6Pa-. The maximum absolute atomic E-state index is 11.1. The molecule has 0 aromatic rings. The van der Waals surface area contributed by atoms with E-state index in [2.05, 4.69) is 13.5 Å². The number of carbonyl (C=O) groups is 1. The van der Waals surface area contributed by atoms with Crippen LogP contribution in [-0.4, -0.2) is 51.1 Å². The number of allylic oxidation sites excluding steroid dienone is 2. The molecule has 4 unspecified atom stereocenters. The van der Waals surface area contributed by atoms with Crippen LogP contribution >= 0.6 is 0 Å². The summed E-state index contributed by atoms with van der Waals surface area (Å²) in [5.74, 6) is -0.128. The van der Waals surface area contributed by atoms with Gasteiger partial charge in [-0.1, -0.05) is 32.9 Å². The van der Waals surface area contributed by atoms with Crippen molar-refractivity contribution in [3.05, 3.63) is 30.4 Å². The van der Waals surface area contributed by atoms with E-state index in [9.17, 15) is 15.0 Å².